The number of fused-ring (bicyclic) bond motifs is 1. The standard InChI is InChI=1S/C24H27N3O4/c1-3-9-20(18-10-5-4-6-11-18)26-23(29)17(2)31-22(28)14-15-27-16-25-21-13-8-7-12-19(21)24(27)30/h4-8,10-13,16-17,20H,3,9,14-15H2,1-2H3,(H,26,29). The summed E-state index contributed by atoms with van der Waals surface area (Å²) in [4.78, 5) is 41.5. The van der Waals surface area contributed by atoms with Crippen LogP contribution in [0.25, 0.3) is 10.9 Å². The van der Waals surface area contributed by atoms with Gasteiger partial charge in [0.25, 0.3) is 11.5 Å². The number of rotatable bonds is 9. The van der Waals surface area contributed by atoms with Crippen molar-refractivity contribution in [2.45, 2.75) is 51.8 Å². The molecule has 0 bridgehead atoms. The van der Waals surface area contributed by atoms with Crippen molar-refractivity contribution in [2.75, 3.05) is 0 Å². The van der Waals surface area contributed by atoms with E-state index in [0.717, 1.165) is 18.4 Å². The zero-order valence-electron chi connectivity index (χ0n) is 17.8. The van der Waals surface area contributed by atoms with E-state index < -0.39 is 12.1 Å². The van der Waals surface area contributed by atoms with E-state index in [1.165, 1.54) is 10.9 Å². The number of nitrogens with zero attached hydrogens (tertiary/aromatic N) is 2. The molecule has 31 heavy (non-hydrogen) atoms. The van der Waals surface area contributed by atoms with Gasteiger partial charge in [0.1, 0.15) is 0 Å². The van der Waals surface area contributed by atoms with Gasteiger partial charge in [-0.1, -0.05) is 55.8 Å². The highest BCUT2D eigenvalue weighted by atomic mass is 16.5. The molecule has 1 amide bonds. The Labute approximate surface area is 181 Å². The molecule has 2 atom stereocenters. The number of para-hydroxylation sites is 1. The van der Waals surface area contributed by atoms with E-state index in [0.29, 0.717) is 10.9 Å². The number of amides is 1. The molecule has 0 aliphatic rings. The molecule has 0 aliphatic carbocycles. The molecule has 0 spiro atoms. The molecule has 1 heterocycles. The highest BCUT2D eigenvalue weighted by Crippen LogP contribution is 2.18. The van der Waals surface area contributed by atoms with Crippen LogP contribution in [0.4, 0.5) is 0 Å². The predicted octanol–water partition coefficient (Wildman–Crippen LogP) is 3.38. The minimum atomic E-state index is -0.929. The van der Waals surface area contributed by atoms with Crippen LogP contribution in [0.1, 0.15) is 44.7 Å². The molecule has 1 aromatic heterocycles. The molecule has 0 fully saturated rings. The van der Waals surface area contributed by atoms with Crippen molar-refractivity contribution in [1.82, 2.24) is 14.9 Å². The van der Waals surface area contributed by atoms with Gasteiger partial charge in [0.15, 0.2) is 6.10 Å². The van der Waals surface area contributed by atoms with E-state index in [-0.39, 0.29) is 30.5 Å². The zero-order valence-corrected chi connectivity index (χ0v) is 17.8. The molecular formula is C24H27N3O4. The van der Waals surface area contributed by atoms with Crippen molar-refractivity contribution in [2.24, 2.45) is 0 Å². The maximum absolute atomic E-state index is 12.6. The molecule has 7 heteroatoms. The summed E-state index contributed by atoms with van der Waals surface area (Å²) in [6.45, 7) is 3.73. The molecule has 162 valence electrons. The molecule has 7 nitrogen and oxygen atoms in total. The molecule has 0 saturated carbocycles. The first-order valence-corrected chi connectivity index (χ1v) is 10.5. The fraction of sp³-hybridized carbons (Fsp3) is 0.333. The Morgan fingerprint density at radius 1 is 1.10 bits per heavy atom. The number of hydrogen-bond acceptors (Lipinski definition) is 5. The van der Waals surface area contributed by atoms with Crippen molar-refractivity contribution < 1.29 is 14.3 Å². The maximum atomic E-state index is 12.6. The summed E-state index contributed by atoms with van der Waals surface area (Å²) in [6.07, 6.45) is 2.15. The Hall–Kier alpha value is -3.48. The topological polar surface area (TPSA) is 90.3 Å². The van der Waals surface area contributed by atoms with Gasteiger partial charge in [-0.3, -0.25) is 19.0 Å². The highest BCUT2D eigenvalue weighted by molar-refractivity contribution is 5.83. The van der Waals surface area contributed by atoms with Gasteiger partial charge in [-0.2, -0.15) is 0 Å². The number of aromatic nitrogens is 2. The summed E-state index contributed by atoms with van der Waals surface area (Å²) in [6, 6.07) is 16.6. The lowest BCUT2D eigenvalue weighted by Gasteiger charge is -2.21. The van der Waals surface area contributed by atoms with Crippen LogP contribution in [0.15, 0.2) is 65.7 Å². The van der Waals surface area contributed by atoms with E-state index >= 15 is 0 Å². The molecule has 0 aliphatic heterocycles. The van der Waals surface area contributed by atoms with Crippen molar-refractivity contribution in [3.63, 3.8) is 0 Å². The van der Waals surface area contributed by atoms with E-state index in [9.17, 15) is 14.4 Å². The largest absolute Gasteiger partial charge is 0.452 e. The lowest BCUT2D eigenvalue weighted by Crippen LogP contribution is -2.38. The van der Waals surface area contributed by atoms with Crippen molar-refractivity contribution in [3.05, 3.63) is 76.8 Å². The van der Waals surface area contributed by atoms with Gasteiger partial charge in [0.05, 0.1) is 29.7 Å². The summed E-state index contributed by atoms with van der Waals surface area (Å²) >= 11 is 0. The van der Waals surface area contributed by atoms with Gasteiger partial charge in [-0.15, -0.1) is 0 Å². The molecule has 3 rings (SSSR count). The monoisotopic (exact) mass is 421 g/mol. The summed E-state index contributed by atoms with van der Waals surface area (Å²) in [5.41, 5.74) is 1.41. The average Bonchev–Trinajstić information content (AvgIpc) is 2.79. The van der Waals surface area contributed by atoms with Gasteiger partial charge in [-0.05, 0) is 31.0 Å². The quantitative estimate of drug-likeness (QED) is 0.535. The normalized spacial score (nSPS) is 12.8. The van der Waals surface area contributed by atoms with Gasteiger partial charge in [0.2, 0.25) is 0 Å². The van der Waals surface area contributed by atoms with Gasteiger partial charge in [0, 0.05) is 6.54 Å². The second kappa shape index (κ2) is 10.5. The van der Waals surface area contributed by atoms with Crippen LogP contribution in [0.3, 0.4) is 0 Å². The first-order chi connectivity index (χ1) is 15.0. The molecular weight excluding hydrogens is 394 g/mol. The van der Waals surface area contributed by atoms with Crippen molar-refractivity contribution in [1.29, 1.82) is 0 Å². The van der Waals surface area contributed by atoms with Crippen LogP contribution in [-0.4, -0.2) is 27.5 Å². The number of nitrogens with one attached hydrogen (secondary N) is 1. The summed E-state index contributed by atoms with van der Waals surface area (Å²) < 4.78 is 6.67. The molecule has 2 unspecified atom stereocenters. The number of ether oxygens (including phenoxy) is 1. The molecule has 0 radical (unpaired) electrons. The average molecular weight is 421 g/mol. The fourth-order valence-electron chi connectivity index (χ4n) is 3.37. The smallest absolute Gasteiger partial charge is 0.308 e. The first kappa shape index (κ1) is 22.2. The Morgan fingerprint density at radius 3 is 2.55 bits per heavy atom. The number of carbonyl (C=O) groups is 2. The van der Waals surface area contributed by atoms with E-state index in [1.54, 1.807) is 25.1 Å². The summed E-state index contributed by atoms with van der Waals surface area (Å²) in [5.74, 6) is -0.894. The predicted molar refractivity (Wildman–Crippen MR) is 118 cm³/mol. The van der Waals surface area contributed by atoms with Gasteiger partial charge in [-0.25, -0.2) is 4.98 Å². The Kier molecular flexibility index (Phi) is 7.54. The highest BCUT2D eigenvalue weighted by Gasteiger charge is 2.21. The summed E-state index contributed by atoms with van der Waals surface area (Å²) in [5, 5.41) is 3.46. The van der Waals surface area contributed by atoms with Crippen molar-refractivity contribution in [3.8, 4) is 0 Å². The number of esters is 1. The minimum absolute atomic E-state index is 0.0331. The lowest BCUT2D eigenvalue weighted by molar-refractivity contribution is -0.155. The Bertz CT molecular complexity index is 1090. The van der Waals surface area contributed by atoms with E-state index in [2.05, 4.69) is 17.2 Å². The molecule has 0 saturated heterocycles. The molecule has 2 aromatic carbocycles. The second-order valence-electron chi connectivity index (χ2n) is 7.40. The van der Waals surface area contributed by atoms with Crippen LogP contribution >= 0.6 is 0 Å². The summed E-state index contributed by atoms with van der Waals surface area (Å²) in [7, 11) is 0. The molecule has 3 aromatic rings. The van der Waals surface area contributed by atoms with E-state index in [4.69, 9.17) is 4.74 Å². The number of benzene rings is 2. The third kappa shape index (κ3) is 5.78. The third-order valence-electron chi connectivity index (χ3n) is 5.06. The van der Waals surface area contributed by atoms with Crippen molar-refractivity contribution >= 4 is 22.8 Å². The zero-order chi connectivity index (χ0) is 22.2. The minimum Gasteiger partial charge on any atom is -0.452 e. The van der Waals surface area contributed by atoms with Crippen LogP contribution < -0.4 is 10.9 Å². The number of aryl methyl sites for hydroxylation is 1. The SMILES string of the molecule is CCCC(NC(=O)C(C)OC(=O)CCn1cnc2ccccc2c1=O)c1ccccc1. The first-order valence-electron chi connectivity index (χ1n) is 10.5. The fourth-order valence-corrected chi connectivity index (χ4v) is 3.37. The third-order valence-corrected chi connectivity index (χ3v) is 5.06. The Morgan fingerprint density at radius 2 is 1.81 bits per heavy atom. The van der Waals surface area contributed by atoms with Gasteiger partial charge < -0.3 is 10.1 Å². The van der Waals surface area contributed by atoms with Crippen LogP contribution in [-0.2, 0) is 20.9 Å². The van der Waals surface area contributed by atoms with E-state index in [1.807, 2.05) is 36.4 Å². The lowest BCUT2D eigenvalue weighted by atomic mass is 10.0. The van der Waals surface area contributed by atoms with Crippen LogP contribution in [0.2, 0.25) is 0 Å². The van der Waals surface area contributed by atoms with Crippen LogP contribution in [0.5, 0.6) is 0 Å². The van der Waals surface area contributed by atoms with Gasteiger partial charge >= 0.3 is 5.97 Å². The van der Waals surface area contributed by atoms with Crippen LogP contribution in [0, 0.1) is 0 Å². The molecule has 1 N–H and O–H groups in total. The maximum Gasteiger partial charge on any atom is 0.308 e. The Balaban J connectivity index is 1.55. The second-order valence-corrected chi connectivity index (χ2v) is 7.40. The number of carbonyl (C=O) groups excluding carboxylic acids is 2. The number of hydrogen-bond donors (Lipinski definition) is 1.